The summed E-state index contributed by atoms with van der Waals surface area (Å²) in [6.45, 7) is 4.22. The Balaban J connectivity index is 2.66. The Morgan fingerprint density at radius 3 is 2.86 bits per heavy atom. The summed E-state index contributed by atoms with van der Waals surface area (Å²) in [5, 5.41) is 0. The first-order valence-corrected chi connectivity index (χ1v) is 6.41. The minimum Gasteiger partial charge on any atom is -0.205 e. The number of fused-ring (bicyclic) bond motifs is 1. The Kier molecular flexibility index (Phi) is 2.64. The van der Waals surface area contributed by atoms with Crippen LogP contribution in [-0.4, -0.2) is 5.75 Å². The normalized spacial score (nSPS) is 19.1. The first-order valence-electron chi connectivity index (χ1n) is 4.64. The Bertz CT molecular complexity index is 374. The van der Waals surface area contributed by atoms with Gasteiger partial charge in [-0.2, -0.15) is 0 Å². The monoisotopic (exact) mass is 274 g/mol. The van der Waals surface area contributed by atoms with Crippen molar-refractivity contribution in [3.63, 3.8) is 0 Å². The third-order valence-corrected chi connectivity index (χ3v) is 4.39. The van der Waals surface area contributed by atoms with Crippen molar-refractivity contribution in [2.24, 2.45) is 0 Å². The van der Waals surface area contributed by atoms with Crippen LogP contribution in [0.4, 0.5) is 4.39 Å². The third-order valence-electron chi connectivity index (χ3n) is 2.72. The summed E-state index contributed by atoms with van der Waals surface area (Å²) < 4.78 is 14.5. The number of hydrogen-bond acceptors (Lipinski definition) is 1. The van der Waals surface area contributed by atoms with Crippen LogP contribution < -0.4 is 0 Å². The fourth-order valence-corrected chi connectivity index (χ4v) is 3.66. The highest BCUT2D eigenvalue weighted by molar-refractivity contribution is 9.10. The molecule has 1 aliphatic heterocycles. The average Bonchev–Trinajstić information content (AvgIpc) is 2.10. The minimum atomic E-state index is -0.0836. The Labute approximate surface area is 96.4 Å². The lowest BCUT2D eigenvalue weighted by Gasteiger charge is -2.32. The molecule has 0 saturated carbocycles. The smallest absolute Gasteiger partial charge is 0.142 e. The van der Waals surface area contributed by atoms with Crippen molar-refractivity contribution in [1.82, 2.24) is 0 Å². The maximum atomic E-state index is 13.9. The highest BCUT2D eigenvalue weighted by atomic mass is 79.9. The SMILES string of the molecule is CC1(C)CCSc2ccc(Br)c(F)c21. The van der Waals surface area contributed by atoms with Gasteiger partial charge in [-0.1, -0.05) is 13.8 Å². The Morgan fingerprint density at radius 2 is 2.14 bits per heavy atom. The largest absolute Gasteiger partial charge is 0.205 e. The van der Waals surface area contributed by atoms with Crippen LogP contribution in [0, 0.1) is 5.82 Å². The third kappa shape index (κ3) is 1.61. The summed E-state index contributed by atoms with van der Waals surface area (Å²) in [6, 6.07) is 3.80. The Morgan fingerprint density at radius 1 is 1.43 bits per heavy atom. The molecule has 0 bridgehead atoms. The molecule has 0 nitrogen and oxygen atoms in total. The van der Waals surface area contributed by atoms with Gasteiger partial charge >= 0.3 is 0 Å². The van der Waals surface area contributed by atoms with Crippen LogP contribution in [0.15, 0.2) is 21.5 Å². The van der Waals surface area contributed by atoms with E-state index in [4.69, 9.17) is 0 Å². The lowest BCUT2D eigenvalue weighted by molar-refractivity contribution is 0.454. The van der Waals surface area contributed by atoms with E-state index in [1.807, 2.05) is 6.07 Å². The van der Waals surface area contributed by atoms with Gasteiger partial charge in [-0.3, -0.25) is 0 Å². The topological polar surface area (TPSA) is 0 Å². The van der Waals surface area contributed by atoms with Gasteiger partial charge in [-0.05, 0) is 45.7 Å². The van der Waals surface area contributed by atoms with Crippen LogP contribution in [0.2, 0.25) is 0 Å². The van der Waals surface area contributed by atoms with Crippen LogP contribution in [0.3, 0.4) is 0 Å². The van der Waals surface area contributed by atoms with Crippen molar-refractivity contribution in [1.29, 1.82) is 0 Å². The first kappa shape index (κ1) is 10.5. The van der Waals surface area contributed by atoms with Crippen molar-refractivity contribution in [3.05, 3.63) is 28.0 Å². The molecule has 1 heterocycles. The molecule has 0 aromatic heterocycles. The summed E-state index contributed by atoms with van der Waals surface area (Å²) in [5.74, 6) is 1.00. The van der Waals surface area contributed by atoms with E-state index in [1.165, 1.54) is 0 Å². The number of thioether (sulfide) groups is 1. The van der Waals surface area contributed by atoms with E-state index in [2.05, 4.69) is 29.8 Å². The maximum Gasteiger partial charge on any atom is 0.142 e. The van der Waals surface area contributed by atoms with E-state index in [0.29, 0.717) is 4.47 Å². The molecule has 0 spiro atoms. The van der Waals surface area contributed by atoms with Crippen LogP contribution in [0.1, 0.15) is 25.8 Å². The molecule has 0 unspecified atom stereocenters. The van der Waals surface area contributed by atoms with Crippen LogP contribution in [0.5, 0.6) is 0 Å². The zero-order chi connectivity index (χ0) is 10.3. The number of hydrogen-bond donors (Lipinski definition) is 0. The fraction of sp³-hybridized carbons (Fsp3) is 0.455. The molecule has 2 rings (SSSR count). The molecule has 0 aliphatic carbocycles. The lowest BCUT2D eigenvalue weighted by atomic mass is 9.81. The molecular weight excluding hydrogens is 263 g/mol. The summed E-state index contributed by atoms with van der Waals surface area (Å²) in [6.07, 6.45) is 1.04. The molecular formula is C11H12BrFS. The fourth-order valence-electron chi connectivity index (χ4n) is 1.82. The van der Waals surface area contributed by atoms with Crippen LogP contribution in [-0.2, 0) is 5.41 Å². The minimum absolute atomic E-state index is 0.0333. The highest BCUT2D eigenvalue weighted by Crippen LogP contribution is 2.44. The van der Waals surface area contributed by atoms with Gasteiger partial charge in [0, 0.05) is 10.5 Å². The molecule has 0 N–H and O–H groups in total. The predicted octanol–water partition coefficient (Wildman–Crippen LogP) is 4.36. The van der Waals surface area contributed by atoms with Crippen molar-refractivity contribution < 1.29 is 4.39 Å². The molecule has 0 saturated heterocycles. The van der Waals surface area contributed by atoms with Gasteiger partial charge in [0.05, 0.1) is 4.47 Å². The highest BCUT2D eigenvalue weighted by Gasteiger charge is 2.31. The lowest BCUT2D eigenvalue weighted by Crippen LogP contribution is -2.24. The van der Waals surface area contributed by atoms with E-state index in [0.717, 1.165) is 22.6 Å². The molecule has 1 aliphatic rings. The zero-order valence-corrected chi connectivity index (χ0v) is 10.6. The number of halogens is 2. The van der Waals surface area contributed by atoms with Crippen LogP contribution in [0.25, 0.3) is 0 Å². The Hall–Kier alpha value is -0.0200. The molecule has 14 heavy (non-hydrogen) atoms. The van der Waals surface area contributed by atoms with Gasteiger partial charge in [0.2, 0.25) is 0 Å². The zero-order valence-electron chi connectivity index (χ0n) is 8.23. The quantitative estimate of drug-likeness (QED) is 0.677. The number of rotatable bonds is 0. The van der Waals surface area contributed by atoms with Crippen molar-refractivity contribution >= 4 is 27.7 Å². The summed E-state index contributed by atoms with van der Waals surface area (Å²) in [7, 11) is 0. The molecule has 3 heteroatoms. The number of benzene rings is 1. The second-order valence-electron chi connectivity index (χ2n) is 4.22. The summed E-state index contributed by atoms with van der Waals surface area (Å²) in [5.41, 5.74) is 0.845. The van der Waals surface area contributed by atoms with Gasteiger partial charge in [0.25, 0.3) is 0 Å². The molecule has 0 fully saturated rings. The van der Waals surface area contributed by atoms with Gasteiger partial charge in [-0.15, -0.1) is 11.8 Å². The molecule has 0 atom stereocenters. The van der Waals surface area contributed by atoms with Crippen LogP contribution >= 0.6 is 27.7 Å². The molecule has 76 valence electrons. The van der Waals surface area contributed by atoms with Gasteiger partial charge in [-0.25, -0.2) is 4.39 Å². The van der Waals surface area contributed by atoms with E-state index in [9.17, 15) is 4.39 Å². The van der Waals surface area contributed by atoms with Gasteiger partial charge in [0.1, 0.15) is 5.82 Å². The first-order chi connectivity index (χ1) is 6.52. The van der Waals surface area contributed by atoms with E-state index < -0.39 is 0 Å². The molecule has 0 radical (unpaired) electrons. The molecule has 1 aromatic rings. The second-order valence-corrected chi connectivity index (χ2v) is 6.21. The van der Waals surface area contributed by atoms with E-state index in [-0.39, 0.29) is 11.2 Å². The maximum absolute atomic E-state index is 13.9. The van der Waals surface area contributed by atoms with Crippen molar-refractivity contribution in [3.8, 4) is 0 Å². The summed E-state index contributed by atoms with van der Waals surface area (Å²) >= 11 is 4.99. The average molecular weight is 275 g/mol. The van der Waals surface area contributed by atoms with Crippen molar-refractivity contribution in [2.45, 2.75) is 30.6 Å². The molecule has 1 aromatic carbocycles. The molecule has 0 amide bonds. The second kappa shape index (κ2) is 3.53. The van der Waals surface area contributed by atoms with Gasteiger partial charge in [0.15, 0.2) is 0 Å². The predicted molar refractivity (Wildman–Crippen MR) is 62.5 cm³/mol. The van der Waals surface area contributed by atoms with Crippen molar-refractivity contribution in [2.75, 3.05) is 5.75 Å². The van der Waals surface area contributed by atoms with Gasteiger partial charge < -0.3 is 0 Å². The standard InChI is InChI=1S/C11H12BrFS/c1-11(2)5-6-14-8-4-3-7(12)10(13)9(8)11/h3-4H,5-6H2,1-2H3. The van der Waals surface area contributed by atoms with E-state index in [1.54, 1.807) is 17.8 Å². The van der Waals surface area contributed by atoms with E-state index >= 15 is 0 Å². The summed E-state index contributed by atoms with van der Waals surface area (Å²) in [4.78, 5) is 1.10.